The number of methoxy groups -OCH3 is 1. The molecule has 1 unspecified atom stereocenters. The number of likely N-dealkylation sites (tertiary alicyclic amines) is 1. The van der Waals surface area contributed by atoms with Crippen LogP contribution < -0.4 is 4.74 Å². The second-order valence-corrected chi connectivity index (χ2v) is 8.97. The molecule has 1 atom stereocenters. The van der Waals surface area contributed by atoms with Crippen molar-refractivity contribution in [1.29, 1.82) is 0 Å². The number of hydrogen-bond acceptors (Lipinski definition) is 6. The molecule has 2 saturated heterocycles. The van der Waals surface area contributed by atoms with Gasteiger partial charge in [0.25, 0.3) is 11.7 Å². The molecule has 0 aliphatic carbocycles. The summed E-state index contributed by atoms with van der Waals surface area (Å²) in [6.07, 6.45) is 0.707. The molecule has 2 heterocycles. The van der Waals surface area contributed by atoms with E-state index in [9.17, 15) is 14.7 Å². The number of ketones is 1. The van der Waals surface area contributed by atoms with E-state index < -0.39 is 17.7 Å². The molecule has 0 radical (unpaired) electrons. The van der Waals surface area contributed by atoms with Crippen LogP contribution in [0.25, 0.3) is 5.76 Å². The van der Waals surface area contributed by atoms with E-state index in [1.165, 1.54) is 0 Å². The van der Waals surface area contributed by atoms with Crippen LogP contribution in [0, 0.1) is 6.92 Å². The monoisotopic (exact) mass is 484 g/mol. The minimum Gasteiger partial charge on any atom is -0.507 e. The zero-order valence-electron chi connectivity index (χ0n) is 19.4. The molecule has 2 aliphatic heterocycles. The molecular formula is C26H29ClN2O5. The average molecular weight is 485 g/mol. The van der Waals surface area contributed by atoms with Crippen LogP contribution in [-0.2, 0) is 14.3 Å². The zero-order chi connectivity index (χ0) is 24.2. The summed E-state index contributed by atoms with van der Waals surface area (Å²) in [6, 6.07) is 11.5. The molecule has 0 bridgehead atoms. The predicted molar refractivity (Wildman–Crippen MR) is 130 cm³/mol. The number of rotatable bonds is 7. The summed E-state index contributed by atoms with van der Waals surface area (Å²) < 4.78 is 10.7. The van der Waals surface area contributed by atoms with Gasteiger partial charge < -0.3 is 19.5 Å². The maximum absolute atomic E-state index is 13.2. The Labute approximate surface area is 204 Å². The Bertz CT molecular complexity index is 1090. The number of aryl methyl sites for hydroxylation is 1. The summed E-state index contributed by atoms with van der Waals surface area (Å²) >= 11 is 6.09. The van der Waals surface area contributed by atoms with E-state index in [1.54, 1.807) is 54.5 Å². The molecule has 0 saturated carbocycles. The van der Waals surface area contributed by atoms with Crippen molar-refractivity contribution >= 4 is 29.1 Å². The molecule has 180 valence electrons. The van der Waals surface area contributed by atoms with Gasteiger partial charge in [-0.25, -0.2) is 0 Å². The van der Waals surface area contributed by atoms with Gasteiger partial charge in [-0.1, -0.05) is 23.7 Å². The number of halogens is 1. The molecule has 0 aromatic heterocycles. The molecular weight excluding hydrogens is 456 g/mol. The Hall–Kier alpha value is -2.87. The number of benzene rings is 2. The van der Waals surface area contributed by atoms with Gasteiger partial charge in [0.15, 0.2) is 0 Å². The van der Waals surface area contributed by atoms with E-state index >= 15 is 0 Å². The van der Waals surface area contributed by atoms with Crippen LogP contribution in [0.5, 0.6) is 5.75 Å². The van der Waals surface area contributed by atoms with Gasteiger partial charge in [0, 0.05) is 36.8 Å². The van der Waals surface area contributed by atoms with Gasteiger partial charge in [-0.2, -0.15) is 0 Å². The molecule has 1 N–H and O–H groups in total. The Morgan fingerprint density at radius 3 is 2.47 bits per heavy atom. The Kier molecular flexibility index (Phi) is 7.56. The topological polar surface area (TPSA) is 79.3 Å². The summed E-state index contributed by atoms with van der Waals surface area (Å²) in [5.74, 6) is -0.805. The number of amides is 1. The van der Waals surface area contributed by atoms with Crippen LogP contribution in [0.2, 0.25) is 5.02 Å². The third kappa shape index (κ3) is 4.97. The fourth-order valence-electron chi connectivity index (χ4n) is 4.57. The van der Waals surface area contributed by atoms with E-state index in [4.69, 9.17) is 21.1 Å². The van der Waals surface area contributed by atoms with Gasteiger partial charge in [0.2, 0.25) is 0 Å². The molecule has 4 rings (SSSR count). The lowest BCUT2D eigenvalue weighted by molar-refractivity contribution is -0.140. The Balaban J connectivity index is 1.68. The number of ether oxygens (including phenoxy) is 2. The number of aliphatic hydroxyl groups is 1. The van der Waals surface area contributed by atoms with Crippen molar-refractivity contribution in [2.24, 2.45) is 0 Å². The van der Waals surface area contributed by atoms with Crippen molar-refractivity contribution in [1.82, 2.24) is 9.80 Å². The lowest BCUT2D eigenvalue weighted by Gasteiger charge is -2.29. The van der Waals surface area contributed by atoms with E-state index in [-0.39, 0.29) is 11.3 Å². The molecule has 1 amide bonds. The molecule has 2 aromatic rings. The molecule has 34 heavy (non-hydrogen) atoms. The van der Waals surface area contributed by atoms with Crippen molar-refractivity contribution in [3.05, 3.63) is 69.8 Å². The summed E-state index contributed by atoms with van der Waals surface area (Å²) in [5.41, 5.74) is 2.09. The van der Waals surface area contributed by atoms with Crippen molar-refractivity contribution < 1.29 is 24.2 Å². The lowest BCUT2D eigenvalue weighted by atomic mass is 9.94. The third-order valence-electron chi connectivity index (χ3n) is 6.37. The van der Waals surface area contributed by atoms with E-state index in [1.807, 2.05) is 6.92 Å². The average Bonchev–Trinajstić information content (AvgIpc) is 3.09. The van der Waals surface area contributed by atoms with Crippen LogP contribution in [0.3, 0.4) is 0 Å². The fraction of sp³-hybridized carbons (Fsp3) is 0.385. The van der Waals surface area contributed by atoms with Crippen molar-refractivity contribution in [3.63, 3.8) is 0 Å². The van der Waals surface area contributed by atoms with Crippen LogP contribution in [0.4, 0.5) is 0 Å². The maximum Gasteiger partial charge on any atom is 0.295 e. The van der Waals surface area contributed by atoms with Crippen molar-refractivity contribution in [3.8, 4) is 5.75 Å². The summed E-state index contributed by atoms with van der Waals surface area (Å²) in [5, 5.41) is 11.8. The number of carbonyl (C=O) groups excluding carboxylic acids is 2. The number of morpholine rings is 1. The highest BCUT2D eigenvalue weighted by molar-refractivity contribution is 6.46. The van der Waals surface area contributed by atoms with Crippen LogP contribution in [0.1, 0.15) is 29.2 Å². The predicted octanol–water partition coefficient (Wildman–Crippen LogP) is 3.80. The van der Waals surface area contributed by atoms with Gasteiger partial charge in [0.1, 0.15) is 11.5 Å². The maximum atomic E-state index is 13.2. The van der Waals surface area contributed by atoms with Crippen LogP contribution in [-0.4, -0.2) is 73.1 Å². The van der Waals surface area contributed by atoms with Gasteiger partial charge in [-0.05, 0) is 54.8 Å². The smallest absolute Gasteiger partial charge is 0.295 e. The van der Waals surface area contributed by atoms with E-state index in [0.717, 1.165) is 30.8 Å². The van der Waals surface area contributed by atoms with Gasteiger partial charge in [-0.3, -0.25) is 14.5 Å². The SMILES string of the molecule is COc1ccc(/C(O)=C2/C(=O)C(=O)N(CCCN3CCOCC3)C2c2ccc(Cl)cc2)cc1C. The van der Waals surface area contributed by atoms with Crippen LogP contribution in [0.15, 0.2) is 48.0 Å². The van der Waals surface area contributed by atoms with Gasteiger partial charge in [0.05, 0.1) is 31.9 Å². The number of hydrogen-bond donors (Lipinski definition) is 1. The first-order chi connectivity index (χ1) is 16.4. The largest absolute Gasteiger partial charge is 0.507 e. The molecule has 0 spiro atoms. The molecule has 2 aromatic carbocycles. The minimum absolute atomic E-state index is 0.0864. The van der Waals surface area contributed by atoms with Crippen molar-refractivity contribution in [2.75, 3.05) is 46.5 Å². The van der Waals surface area contributed by atoms with E-state index in [2.05, 4.69) is 4.90 Å². The molecule has 2 aliphatic rings. The summed E-state index contributed by atoms with van der Waals surface area (Å²) in [6.45, 7) is 6.18. The number of Topliss-reactive ketones (excluding diaryl/α,β-unsaturated/α-hetero) is 1. The standard InChI is InChI=1S/C26H29ClN2O5/c1-17-16-19(6-9-21(17)33-2)24(30)22-23(18-4-7-20(27)8-5-18)29(26(32)25(22)31)11-3-10-28-12-14-34-15-13-28/h4-9,16,23,30H,3,10-15H2,1-2H3/b24-22-. The Morgan fingerprint density at radius 2 is 1.82 bits per heavy atom. The van der Waals surface area contributed by atoms with Gasteiger partial charge >= 0.3 is 0 Å². The first kappa shape index (κ1) is 24.3. The number of carbonyl (C=O) groups is 2. The highest BCUT2D eigenvalue weighted by Crippen LogP contribution is 2.40. The molecule has 7 nitrogen and oxygen atoms in total. The third-order valence-corrected chi connectivity index (χ3v) is 6.62. The van der Waals surface area contributed by atoms with E-state index in [0.29, 0.717) is 42.5 Å². The van der Waals surface area contributed by atoms with Crippen LogP contribution >= 0.6 is 11.6 Å². The second kappa shape index (κ2) is 10.6. The normalized spacial score (nSPS) is 20.7. The summed E-state index contributed by atoms with van der Waals surface area (Å²) in [7, 11) is 1.57. The lowest BCUT2D eigenvalue weighted by Crippen LogP contribution is -2.38. The zero-order valence-corrected chi connectivity index (χ0v) is 20.2. The first-order valence-corrected chi connectivity index (χ1v) is 11.8. The van der Waals surface area contributed by atoms with Gasteiger partial charge in [-0.15, -0.1) is 0 Å². The molecule has 2 fully saturated rings. The fourth-order valence-corrected chi connectivity index (χ4v) is 4.70. The highest BCUT2D eigenvalue weighted by Gasteiger charge is 2.45. The first-order valence-electron chi connectivity index (χ1n) is 11.4. The minimum atomic E-state index is -0.690. The number of aliphatic hydroxyl groups excluding tert-OH is 1. The Morgan fingerprint density at radius 1 is 1.12 bits per heavy atom. The second-order valence-electron chi connectivity index (χ2n) is 8.54. The number of nitrogens with zero attached hydrogens (tertiary/aromatic N) is 2. The summed E-state index contributed by atoms with van der Waals surface area (Å²) in [4.78, 5) is 30.1. The van der Waals surface area contributed by atoms with Crippen molar-refractivity contribution in [2.45, 2.75) is 19.4 Å². The quantitative estimate of drug-likeness (QED) is 0.366. The highest BCUT2D eigenvalue weighted by atomic mass is 35.5. The molecule has 8 heteroatoms.